The first-order valence-corrected chi connectivity index (χ1v) is 9.56. The van der Waals surface area contributed by atoms with Crippen LogP contribution in [0.2, 0.25) is 5.02 Å². The summed E-state index contributed by atoms with van der Waals surface area (Å²) in [6.45, 7) is -0.160. The van der Waals surface area contributed by atoms with Crippen molar-refractivity contribution in [1.29, 1.82) is 0 Å². The molecule has 8 nitrogen and oxygen atoms in total. The van der Waals surface area contributed by atoms with Crippen molar-refractivity contribution in [3.8, 4) is 11.4 Å². The van der Waals surface area contributed by atoms with E-state index >= 15 is 0 Å². The number of hydrogen-bond donors (Lipinski definition) is 1. The summed E-state index contributed by atoms with van der Waals surface area (Å²) in [5.41, 5.74) is 0.112. The Morgan fingerprint density at radius 3 is 2.65 bits per heavy atom. The van der Waals surface area contributed by atoms with Crippen LogP contribution >= 0.6 is 11.6 Å². The number of nitrogens with zero attached hydrogens (tertiary/aromatic N) is 2. The number of para-hydroxylation sites is 1. The Hall–Kier alpha value is -3.91. The largest absolute Gasteiger partial charge is 0.493 e. The van der Waals surface area contributed by atoms with E-state index in [9.17, 15) is 14.4 Å². The maximum absolute atomic E-state index is 12.8. The lowest BCUT2D eigenvalue weighted by molar-refractivity contribution is 0.0465. The molecule has 31 heavy (non-hydrogen) atoms. The molecule has 0 amide bonds. The second-order valence-corrected chi connectivity index (χ2v) is 6.92. The monoisotopic (exact) mass is 437 g/mol. The van der Waals surface area contributed by atoms with E-state index in [1.807, 2.05) is 0 Å². The summed E-state index contributed by atoms with van der Waals surface area (Å²) >= 11 is 6.04. The van der Waals surface area contributed by atoms with Crippen LogP contribution in [0, 0.1) is 0 Å². The molecule has 0 saturated heterocycles. The zero-order valence-corrected chi connectivity index (χ0v) is 17.1. The van der Waals surface area contributed by atoms with Gasteiger partial charge in [-0.05, 0) is 36.4 Å². The number of aromatic nitrogens is 3. The second kappa shape index (κ2) is 8.45. The smallest absolute Gasteiger partial charge is 0.338 e. The minimum absolute atomic E-state index is 0.160. The maximum Gasteiger partial charge on any atom is 0.338 e. The number of esters is 1. The van der Waals surface area contributed by atoms with Crippen molar-refractivity contribution in [2.24, 2.45) is 0 Å². The van der Waals surface area contributed by atoms with Gasteiger partial charge in [-0.15, -0.1) is 0 Å². The highest BCUT2D eigenvalue weighted by Gasteiger charge is 2.15. The van der Waals surface area contributed by atoms with Gasteiger partial charge in [0.15, 0.2) is 5.75 Å². The Morgan fingerprint density at radius 1 is 1.13 bits per heavy atom. The predicted molar refractivity (Wildman–Crippen MR) is 115 cm³/mol. The van der Waals surface area contributed by atoms with E-state index in [1.165, 1.54) is 31.5 Å². The first-order chi connectivity index (χ1) is 15.0. The highest BCUT2D eigenvalue weighted by molar-refractivity contribution is 6.32. The average Bonchev–Trinajstić information content (AvgIpc) is 2.78. The van der Waals surface area contributed by atoms with Crippen molar-refractivity contribution in [2.75, 3.05) is 7.11 Å². The number of H-pyrrole nitrogens is 1. The highest BCUT2D eigenvalue weighted by atomic mass is 35.5. The molecule has 156 valence electrons. The number of carbonyl (C=O) groups is 1. The van der Waals surface area contributed by atoms with Crippen molar-refractivity contribution >= 4 is 28.5 Å². The Bertz CT molecular complexity index is 1400. The number of fused-ring (bicyclic) bond motifs is 1. The van der Waals surface area contributed by atoms with Crippen LogP contribution in [-0.4, -0.2) is 27.6 Å². The third-order valence-corrected chi connectivity index (χ3v) is 4.92. The van der Waals surface area contributed by atoms with Crippen LogP contribution in [0.3, 0.4) is 0 Å². The number of ether oxygens (including phenoxy) is 2. The van der Waals surface area contributed by atoms with Crippen LogP contribution in [0.5, 0.6) is 5.75 Å². The van der Waals surface area contributed by atoms with Crippen LogP contribution in [0.15, 0.2) is 70.4 Å². The molecule has 4 rings (SSSR count). The van der Waals surface area contributed by atoms with Crippen LogP contribution in [0.25, 0.3) is 16.6 Å². The molecule has 4 aromatic rings. The molecule has 0 bridgehead atoms. The van der Waals surface area contributed by atoms with Crippen LogP contribution in [-0.2, 0) is 11.3 Å². The van der Waals surface area contributed by atoms with E-state index in [-0.39, 0.29) is 23.1 Å². The fourth-order valence-corrected chi connectivity index (χ4v) is 3.40. The van der Waals surface area contributed by atoms with Gasteiger partial charge in [0.25, 0.3) is 5.56 Å². The van der Waals surface area contributed by atoms with E-state index in [0.717, 1.165) is 4.57 Å². The van der Waals surface area contributed by atoms with Gasteiger partial charge in [-0.2, -0.15) is 0 Å². The molecular formula is C22H16ClN3O5. The van der Waals surface area contributed by atoms with Crippen molar-refractivity contribution in [2.45, 2.75) is 6.61 Å². The van der Waals surface area contributed by atoms with E-state index in [1.54, 1.807) is 36.4 Å². The fraction of sp³-hybridized carbons (Fsp3) is 0.0909. The van der Waals surface area contributed by atoms with Gasteiger partial charge in [0.1, 0.15) is 12.3 Å². The molecule has 9 heteroatoms. The first kappa shape index (κ1) is 20.4. The molecule has 0 aliphatic heterocycles. The van der Waals surface area contributed by atoms with Crippen LogP contribution in [0.4, 0.5) is 0 Å². The minimum atomic E-state index is -0.654. The number of aromatic amines is 1. The topological polar surface area (TPSA) is 103 Å². The molecule has 2 heterocycles. The number of methoxy groups -OCH3 is 1. The molecule has 2 aromatic heterocycles. The number of nitrogens with one attached hydrogen (secondary N) is 1. The SMILES string of the molecule is COc1c(Cl)ccnc1COC(=O)c1ccc2c(=O)n(-c3ccccc3)c(=O)[nH]c2c1. The van der Waals surface area contributed by atoms with Gasteiger partial charge in [-0.3, -0.25) is 9.78 Å². The number of halogens is 1. The highest BCUT2D eigenvalue weighted by Crippen LogP contribution is 2.27. The molecule has 2 aromatic carbocycles. The Morgan fingerprint density at radius 2 is 1.90 bits per heavy atom. The lowest BCUT2D eigenvalue weighted by atomic mass is 10.1. The predicted octanol–water partition coefficient (Wildman–Crippen LogP) is 3.09. The lowest BCUT2D eigenvalue weighted by Crippen LogP contribution is -2.33. The zero-order valence-electron chi connectivity index (χ0n) is 16.3. The number of pyridine rings is 1. The number of benzene rings is 2. The molecular weight excluding hydrogens is 422 g/mol. The van der Waals surface area contributed by atoms with E-state index in [0.29, 0.717) is 22.2 Å². The summed E-state index contributed by atoms with van der Waals surface area (Å²) in [5, 5.41) is 0.611. The van der Waals surface area contributed by atoms with Gasteiger partial charge in [-0.25, -0.2) is 14.2 Å². The molecule has 0 radical (unpaired) electrons. The van der Waals surface area contributed by atoms with Gasteiger partial charge in [0, 0.05) is 6.20 Å². The molecule has 0 unspecified atom stereocenters. The minimum Gasteiger partial charge on any atom is -0.493 e. The van der Waals surface area contributed by atoms with Gasteiger partial charge in [0.2, 0.25) is 0 Å². The fourth-order valence-electron chi connectivity index (χ4n) is 3.16. The van der Waals surface area contributed by atoms with Crippen molar-refractivity contribution < 1.29 is 14.3 Å². The lowest BCUT2D eigenvalue weighted by Gasteiger charge is -2.10. The quantitative estimate of drug-likeness (QED) is 0.481. The van der Waals surface area contributed by atoms with Gasteiger partial charge in [-0.1, -0.05) is 29.8 Å². The number of hydrogen-bond acceptors (Lipinski definition) is 6. The van der Waals surface area contributed by atoms with E-state index in [4.69, 9.17) is 21.1 Å². The van der Waals surface area contributed by atoms with E-state index in [2.05, 4.69) is 9.97 Å². The molecule has 0 spiro atoms. The summed E-state index contributed by atoms with van der Waals surface area (Å²) in [7, 11) is 1.44. The Labute approximate surface area is 180 Å². The summed E-state index contributed by atoms with van der Waals surface area (Å²) in [5.74, 6) is -0.333. The normalized spacial score (nSPS) is 10.8. The summed E-state index contributed by atoms with van der Waals surface area (Å²) in [4.78, 5) is 44.6. The van der Waals surface area contributed by atoms with Crippen molar-refractivity contribution in [3.05, 3.63) is 97.9 Å². The van der Waals surface area contributed by atoms with Crippen molar-refractivity contribution in [3.63, 3.8) is 0 Å². The van der Waals surface area contributed by atoms with Gasteiger partial charge < -0.3 is 14.5 Å². The van der Waals surface area contributed by atoms with Crippen LogP contribution < -0.4 is 16.0 Å². The van der Waals surface area contributed by atoms with Crippen molar-refractivity contribution in [1.82, 2.24) is 14.5 Å². The maximum atomic E-state index is 12.8. The Balaban J connectivity index is 1.64. The van der Waals surface area contributed by atoms with E-state index < -0.39 is 17.2 Å². The molecule has 0 aliphatic carbocycles. The van der Waals surface area contributed by atoms with Gasteiger partial charge >= 0.3 is 11.7 Å². The second-order valence-electron chi connectivity index (χ2n) is 6.52. The molecule has 1 N–H and O–H groups in total. The standard InChI is InChI=1S/C22H16ClN3O5/c1-30-19-16(23)9-10-24-18(19)12-31-21(28)13-7-8-15-17(11-13)25-22(29)26(20(15)27)14-5-3-2-4-6-14/h2-11H,12H2,1H3,(H,25,29). The summed E-state index contributed by atoms with van der Waals surface area (Å²) < 4.78 is 11.5. The third-order valence-electron chi connectivity index (χ3n) is 4.62. The molecule has 0 saturated carbocycles. The third kappa shape index (κ3) is 3.93. The van der Waals surface area contributed by atoms with Crippen LogP contribution in [0.1, 0.15) is 16.1 Å². The van der Waals surface area contributed by atoms with Gasteiger partial charge in [0.05, 0.1) is 34.3 Å². The number of rotatable bonds is 5. The molecule has 0 aliphatic rings. The first-order valence-electron chi connectivity index (χ1n) is 9.18. The molecule has 0 atom stereocenters. The average molecular weight is 438 g/mol. The summed E-state index contributed by atoms with van der Waals surface area (Å²) in [6, 6.07) is 14.5. The number of carbonyl (C=O) groups excluding carboxylic acids is 1. The zero-order chi connectivity index (χ0) is 22.0. The Kier molecular flexibility index (Phi) is 5.55. The summed E-state index contributed by atoms with van der Waals surface area (Å²) in [6.07, 6.45) is 1.48. The molecule has 0 fully saturated rings.